The van der Waals surface area contributed by atoms with Crippen molar-refractivity contribution in [3.63, 3.8) is 0 Å². The summed E-state index contributed by atoms with van der Waals surface area (Å²) in [5.41, 5.74) is 2.63. The number of nitrogens with one attached hydrogen (secondary N) is 2. The lowest BCUT2D eigenvalue weighted by atomic mass is 10.0. The Labute approximate surface area is 149 Å². The van der Waals surface area contributed by atoms with E-state index in [2.05, 4.69) is 34.0 Å². The molecule has 6 heteroatoms. The maximum absolute atomic E-state index is 12.6. The minimum atomic E-state index is -0.535. The minimum absolute atomic E-state index is 0.200. The van der Waals surface area contributed by atoms with E-state index in [4.69, 9.17) is 0 Å². The van der Waals surface area contributed by atoms with Crippen LogP contribution in [0.4, 0.5) is 5.69 Å². The minimum Gasteiger partial charge on any atom is -0.345 e. The fourth-order valence-corrected chi connectivity index (χ4v) is 3.06. The van der Waals surface area contributed by atoms with Gasteiger partial charge in [0.1, 0.15) is 11.9 Å². The summed E-state index contributed by atoms with van der Waals surface area (Å²) in [4.78, 5) is 28.6. The van der Waals surface area contributed by atoms with Gasteiger partial charge >= 0.3 is 0 Å². The fraction of sp³-hybridized carbons (Fsp3) is 0.526. The molecule has 0 aliphatic rings. The van der Waals surface area contributed by atoms with Crippen LogP contribution < -0.4 is 10.6 Å². The third kappa shape index (κ3) is 4.59. The third-order valence-electron chi connectivity index (χ3n) is 4.13. The average molecular weight is 344 g/mol. The van der Waals surface area contributed by atoms with Gasteiger partial charge in [0.25, 0.3) is 0 Å². The zero-order valence-corrected chi connectivity index (χ0v) is 15.7. The molecule has 136 valence electrons. The summed E-state index contributed by atoms with van der Waals surface area (Å²) in [5.74, 6) is 0.939. The predicted octanol–water partition coefficient (Wildman–Crippen LogP) is 3.11. The number of carbonyl (C=O) groups is 2. The Morgan fingerprint density at radius 1 is 1.24 bits per heavy atom. The first-order valence-corrected chi connectivity index (χ1v) is 8.92. The van der Waals surface area contributed by atoms with E-state index >= 15 is 0 Å². The van der Waals surface area contributed by atoms with Gasteiger partial charge in [-0.3, -0.25) is 9.59 Å². The van der Waals surface area contributed by atoms with Gasteiger partial charge in [-0.15, -0.1) is 0 Å². The summed E-state index contributed by atoms with van der Waals surface area (Å²) in [5, 5.41) is 5.64. The molecule has 2 amide bonds. The first-order chi connectivity index (χ1) is 11.8. The molecule has 2 N–H and O–H groups in total. The van der Waals surface area contributed by atoms with Gasteiger partial charge < -0.3 is 15.2 Å². The number of rotatable bonds is 7. The van der Waals surface area contributed by atoms with Gasteiger partial charge in [0, 0.05) is 25.6 Å². The lowest BCUT2D eigenvalue weighted by Crippen LogP contribution is -2.43. The smallest absolute Gasteiger partial charge is 0.246 e. The summed E-state index contributed by atoms with van der Waals surface area (Å²) >= 11 is 0. The Hall–Kier alpha value is -2.37. The highest BCUT2D eigenvalue weighted by molar-refractivity contribution is 5.98. The van der Waals surface area contributed by atoms with E-state index in [0.717, 1.165) is 29.8 Å². The lowest BCUT2D eigenvalue weighted by Gasteiger charge is -2.19. The van der Waals surface area contributed by atoms with Crippen molar-refractivity contribution in [3.05, 3.63) is 24.0 Å². The van der Waals surface area contributed by atoms with Gasteiger partial charge in [-0.05, 0) is 37.5 Å². The van der Waals surface area contributed by atoms with Crippen LogP contribution >= 0.6 is 0 Å². The monoisotopic (exact) mass is 344 g/mol. The maximum Gasteiger partial charge on any atom is 0.246 e. The zero-order chi connectivity index (χ0) is 18.6. The second-order valence-electron chi connectivity index (χ2n) is 6.70. The van der Waals surface area contributed by atoms with Gasteiger partial charge in [0.05, 0.1) is 11.0 Å². The number of aryl methyl sites for hydroxylation is 2. The van der Waals surface area contributed by atoms with Crippen LogP contribution in [-0.2, 0) is 22.6 Å². The molecule has 1 atom stereocenters. The molecular weight excluding hydrogens is 316 g/mol. The van der Waals surface area contributed by atoms with Crippen LogP contribution in [0, 0.1) is 5.92 Å². The molecule has 2 rings (SSSR count). The molecule has 6 nitrogen and oxygen atoms in total. The number of hydrogen-bond acceptors (Lipinski definition) is 3. The van der Waals surface area contributed by atoms with E-state index in [1.54, 1.807) is 0 Å². The molecular formula is C19H28N4O2. The number of hydrogen-bond donors (Lipinski definition) is 2. The lowest BCUT2D eigenvalue weighted by molar-refractivity contribution is -0.125. The fourth-order valence-electron chi connectivity index (χ4n) is 3.06. The molecule has 0 radical (unpaired) electrons. The first-order valence-electron chi connectivity index (χ1n) is 8.92. The predicted molar refractivity (Wildman–Crippen MR) is 100 cm³/mol. The van der Waals surface area contributed by atoms with Crippen LogP contribution in [0.3, 0.4) is 0 Å². The Morgan fingerprint density at radius 3 is 2.52 bits per heavy atom. The van der Waals surface area contributed by atoms with E-state index in [1.807, 2.05) is 32.0 Å². The Balaban J connectivity index is 2.23. The summed E-state index contributed by atoms with van der Waals surface area (Å²) < 4.78 is 2.18. The van der Waals surface area contributed by atoms with Crippen LogP contribution in [0.2, 0.25) is 0 Å². The molecule has 25 heavy (non-hydrogen) atoms. The Morgan fingerprint density at radius 2 is 1.96 bits per heavy atom. The van der Waals surface area contributed by atoms with Gasteiger partial charge in [-0.25, -0.2) is 4.98 Å². The van der Waals surface area contributed by atoms with Gasteiger partial charge in [0.2, 0.25) is 11.8 Å². The average Bonchev–Trinajstić information content (AvgIpc) is 2.90. The number of nitrogens with zero attached hydrogens (tertiary/aromatic N) is 2. The maximum atomic E-state index is 12.6. The molecule has 0 aliphatic carbocycles. The standard InChI is InChI=1S/C19H28N4O2/c1-6-18-22-15-11-14(8-9-17(15)23(18)7-2)21-19(25)16(10-12(3)4)20-13(5)24/h8-9,11-12,16H,6-7,10H2,1-5H3,(H,20,24)(H,21,25)/t16-/m1/s1. The molecule has 2 aromatic rings. The van der Waals surface area contributed by atoms with Crippen LogP contribution in [-0.4, -0.2) is 27.4 Å². The van der Waals surface area contributed by atoms with Gasteiger partial charge in [0.15, 0.2) is 0 Å². The molecule has 0 spiro atoms. The summed E-state index contributed by atoms with van der Waals surface area (Å²) in [6, 6.07) is 5.22. The topological polar surface area (TPSA) is 76.0 Å². The van der Waals surface area contributed by atoms with E-state index < -0.39 is 6.04 Å². The number of carbonyl (C=O) groups excluding carboxylic acids is 2. The summed E-state index contributed by atoms with van der Waals surface area (Å²) in [6.07, 6.45) is 1.46. The van der Waals surface area contributed by atoms with E-state index in [0.29, 0.717) is 18.0 Å². The quantitative estimate of drug-likeness (QED) is 0.810. The Bertz CT molecular complexity index is 764. The van der Waals surface area contributed by atoms with E-state index in [1.165, 1.54) is 6.92 Å². The van der Waals surface area contributed by atoms with E-state index in [9.17, 15) is 9.59 Å². The first kappa shape index (κ1) is 19.0. The van der Waals surface area contributed by atoms with Crippen LogP contribution in [0.5, 0.6) is 0 Å². The molecule has 0 unspecified atom stereocenters. The van der Waals surface area contributed by atoms with Gasteiger partial charge in [-0.1, -0.05) is 20.8 Å². The highest BCUT2D eigenvalue weighted by Crippen LogP contribution is 2.21. The zero-order valence-electron chi connectivity index (χ0n) is 15.7. The van der Waals surface area contributed by atoms with Crippen molar-refractivity contribution in [3.8, 4) is 0 Å². The molecule has 1 aromatic heterocycles. The summed E-state index contributed by atoms with van der Waals surface area (Å²) in [6.45, 7) is 10.5. The molecule has 1 heterocycles. The van der Waals surface area contributed by atoms with Crippen LogP contribution in [0.15, 0.2) is 18.2 Å². The molecule has 0 bridgehead atoms. The van der Waals surface area contributed by atoms with Crippen molar-refractivity contribution in [1.82, 2.24) is 14.9 Å². The van der Waals surface area contributed by atoms with Crippen molar-refractivity contribution in [2.45, 2.75) is 60.0 Å². The normalized spacial score (nSPS) is 12.4. The van der Waals surface area contributed by atoms with Crippen LogP contribution in [0.25, 0.3) is 11.0 Å². The molecule has 0 aliphatic heterocycles. The number of fused-ring (bicyclic) bond motifs is 1. The third-order valence-corrected chi connectivity index (χ3v) is 4.13. The number of anilines is 1. The second-order valence-corrected chi connectivity index (χ2v) is 6.70. The molecule has 1 aromatic carbocycles. The largest absolute Gasteiger partial charge is 0.345 e. The number of imidazole rings is 1. The second kappa shape index (κ2) is 8.14. The highest BCUT2D eigenvalue weighted by atomic mass is 16.2. The van der Waals surface area contributed by atoms with Crippen molar-refractivity contribution in [2.75, 3.05) is 5.32 Å². The Kier molecular flexibility index (Phi) is 6.17. The number of aromatic nitrogens is 2. The van der Waals surface area contributed by atoms with Crippen molar-refractivity contribution < 1.29 is 9.59 Å². The molecule has 0 saturated carbocycles. The van der Waals surface area contributed by atoms with E-state index in [-0.39, 0.29) is 11.8 Å². The number of amides is 2. The molecule has 0 fully saturated rings. The van der Waals surface area contributed by atoms with Crippen molar-refractivity contribution in [1.29, 1.82) is 0 Å². The number of benzene rings is 1. The van der Waals surface area contributed by atoms with Crippen LogP contribution in [0.1, 0.15) is 46.9 Å². The van der Waals surface area contributed by atoms with Crippen molar-refractivity contribution in [2.24, 2.45) is 5.92 Å². The van der Waals surface area contributed by atoms with Crippen molar-refractivity contribution >= 4 is 28.5 Å². The van der Waals surface area contributed by atoms with Gasteiger partial charge in [-0.2, -0.15) is 0 Å². The SMILES string of the molecule is CCc1nc2cc(NC(=O)[C@@H](CC(C)C)NC(C)=O)ccc2n1CC. The summed E-state index contributed by atoms with van der Waals surface area (Å²) in [7, 11) is 0. The molecule has 0 saturated heterocycles. The highest BCUT2D eigenvalue weighted by Gasteiger charge is 2.21.